The molecule has 1 heterocycles. The zero-order valence-corrected chi connectivity index (χ0v) is 12.5. The van der Waals surface area contributed by atoms with E-state index >= 15 is 0 Å². The largest absolute Gasteiger partial charge is 0.294 e. The number of Topliss-reactive ketones (excluding diaryl/α,β-unsaturated/α-hetero) is 1. The van der Waals surface area contributed by atoms with Gasteiger partial charge in [-0.05, 0) is 43.3 Å². The number of carbonyl (C=O) groups is 1. The van der Waals surface area contributed by atoms with Crippen molar-refractivity contribution in [1.82, 2.24) is 0 Å². The summed E-state index contributed by atoms with van der Waals surface area (Å²) in [6.45, 7) is 1.46. The van der Waals surface area contributed by atoms with Crippen LogP contribution in [0.5, 0.6) is 0 Å². The van der Waals surface area contributed by atoms with Gasteiger partial charge in [-0.1, -0.05) is 11.6 Å². The second-order valence-electron chi connectivity index (χ2n) is 4.04. The van der Waals surface area contributed by atoms with E-state index in [1.54, 1.807) is 24.3 Å². The van der Waals surface area contributed by atoms with Crippen LogP contribution in [0, 0.1) is 0 Å². The molecular weight excluding hydrogens is 304 g/mol. The third-order valence-electron chi connectivity index (χ3n) is 2.51. The number of ketones is 1. The van der Waals surface area contributed by atoms with Gasteiger partial charge in [0.1, 0.15) is 0 Å². The average Bonchev–Trinajstić information content (AvgIpc) is 2.77. The van der Waals surface area contributed by atoms with E-state index in [0.29, 0.717) is 14.8 Å². The number of rotatable bonds is 4. The van der Waals surface area contributed by atoms with Crippen molar-refractivity contribution in [2.45, 2.75) is 17.6 Å². The smallest absolute Gasteiger partial charge is 0.183 e. The Kier molecular flexibility index (Phi) is 4.08. The lowest BCUT2D eigenvalue weighted by atomic mass is 10.3. The van der Waals surface area contributed by atoms with Crippen LogP contribution in [-0.2, 0) is 15.6 Å². The number of carbonyl (C=O) groups excluding carboxylic acids is 1. The van der Waals surface area contributed by atoms with E-state index in [2.05, 4.69) is 0 Å². The average molecular weight is 315 g/mol. The lowest BCUT2D eigenvalue weighted by Crippen LogP contribution is -2.03. The normalized spacial score (nSPS) is 11.5. The molecule has 0 aliphatic carbocycles. The monoisotopic (exact) mass is 314 g/mol. The molecule has 0 aliphatic rings. The number of sulfone groups is 1. The number of benzene rings is 1. The molecule has 19 heavy (non-hydrogen) atoms. The van der Waals surface area contributed by atoms with Gasteiger partial charge in [0, 0.05) is 9.90 Å². The summed E-state index contributed by atoms with van der Waals surface area (Å²) in [5.74, 6) is -0.160. The van der Waals surface area contributed by atoms with Crippen LogP contribution in [0.2, 0.25) is 5.02 Å². The van der Waals surface area contributed by atoms with Gasteiger partial charge in [0.15, 0.2) is 15.6 Å². The van der Waals surface area contributed by atoms with Crippen LogP contribution in [0.1, 0.15) is 21.5 Å². The van der Waals surface area contributed by atoms with Crippen molar-refractivity contribution in [1.29, 1.82) is 0 Å². The molecule has 0 unspecified atom stereocenters. The topological polar surface area (TPSA) is 51.2 Å². The molecule has 1 aromatic heterocycles. The zero-order chi connectivity index (χ0) is 14.0. The molecule has 100 valence electrons. The molecular formula is C13H11ClO3S2. The highest BCUT2D eigenvalue weighted by Gasteiger charge is 2.17. The van der Waals surface area contributed by atoms with Crippen LogP contribution in [0.15, 0.2) is 41.3 Å². The first-order valence-corrected chi connectivity index (χ1v) is 8.31. The number of halogens is 1. The Bertz CT molecular complexity index is 700. The van der Waals surface area contributed by atoms with Crippen LogP contribution in [0.4, 0.5) is 0 Å². The van der Waals surface area contributed by atoms with Gasteiger partial charge in [0.05, 0.1) is 15.5 Å². The van der Waals surface area contributed by atoms with Gasteiger partial charge >= 0.3 is 0 Å². The van der Waals surface area contributed by atoms with E-state index in [1.807, 2.05) is 0 Å². The van der Waals surface area contributed by atoms with Gasteiger partial charge in [-0.3, -0.25) is 4.79 Å². The Morgan fingerprint density at radius 3 is 2.32 bits per heavy atom. The van der Waals surface area contributed by atoms with Crippen LogP contribution in [0.25, 0.3) is 0 Å². The van der Waals surface area contributed by atoms with E-state index in [4.69, 9.17) is 11.6 Å². The van der Waals surface area contributed by atoms with Crippen molar-refractivity contribution in [2.75, 3.05) is 0 Å². The van der Waals surface area contributed by atoms with Crippen molar-refractivity contribution in [3.63, 3.8) is 0 Å². The summed E-state index contributed by atoms with van der Waals surface area (Å²) in [4.78, 5) is 12.6. The Labute approximate surface area is 120 Å². The first kappa shape index (κ1) is 14.2. The Hall–Kier alpha value is -1.17. The van der Waals surface area contributed by atoms with Gasteiger partial charge in [-0.2, -0.15) is 0 Å². The molecule has 2 aromatic rings. The molecule has 0 spiro atoms. The van der Waals surface area contributed by atoms with E-state index in [9.17, 15) is 13.2 Å². The van der Waals surface area contributed by atoms with Crippen LogP contribution >= 0.6 is 22.9 Å². The maximum Gasteiger partial charge on any atom is 0.183 e. The molecule has 0 bridgehead atoms. The van der Waals surface area contributed by atoms with E-state index in [1.165, 1.54) is 30.4 Å². The molecule has 6 heteroatoms. The summed E-state index contributed by atoms with van der Waals surface area (Å²) in [7, 11) is -3.40. The van der Waals surface area contributed by atoms with Crippen molar-refractivity contribution < 1.29 is 13.2 Å². The number of thiophene rings is 1. The van der Waals surface area contributed by atoms with Crippen molar-refractivity contribution in [3.8, 4) is 0 Å². The molecule has 0 fully saturated rings. The Morgan fingerprint density at radius 1 is 1.16 bits per heavy atom. The maximum absolute atomic E-state index is 12.2. The molecule has 0 saturated heterocycles. The van der Waals surface area contributed by atoms with Crippen molar-refractivity contribution in [2.24, 2.45) is 0 Å². The minimum Gasteiger partial charge on any atom is -0.294 e. The fourth-order valence-electron chi connectivity index (χ4n) is 1.56. The van der Waals surface area contributed by atoms with Gasteiger partial charge in [-0.25, -0.2) is 8.42 Å². The quantitative estimate of drug-likeness (QED) is 0.810. The summed E-state index contributed by atoms with van der Waals surface area (Å²) < 4.78 is 24.3. The molecule has 0 aliphatic heterocycles. The van der Waals surface area contributed by atoms with Crippen LogP contribution < -0.4 is 0 Å². The van der Waals surface area contributed by atoms with E-state index in [-0.39, 0.29) is 16.4 Å². The molecule has 0 saturated carbocycles. The van der Waals surface area contributed by atoms with Crippen LogP contribution in [-0.4, -0.2) is 14.2 Å². The van der Waals surface area contributed by atoms with Gasteiger partial charge < -0.3 is 0 Å². The Balaban J connectivity index is 2.25. The maximum atomic E-state index is 12.2. The highest BCUT2D eigenvalue weighted by Crippen LogP contribution is 2.23. The third-order valence-corrected chi connectivity index (χ3v) is 5.82. The predicted molar refractivity (Wildman–Crippen MR) is 76.7 cm³/mol. The van der Waals surface area contributed by atoms with Crippen molar-refractivity contribution >= 4 is 38.6 Å². The molecule has 0 atom stereocenters. The Morgan fingerprint density at radius 2 is 1.79 bits per heavy atom. The van der Waals surface area contributed by atoms with Gasteiger partial charge in [0.25, 0.3) is 0 Å². The lowest BCUT2D eigenvalue weighted by Gasteiger charge is -2.02. The molecule has 0 N–H and O–H groups in total. The molecule has 1 aromatic carbocycles. The van der Waals surface area contributed by atoms with Crippen molar-refractivity contribution in [3.05, 3.63) is 51.2 Å². The predicted octanol–water partition coefficient (Wildman–Crippen LogP) is 3.58. The molecule has 2 rings (SSSR count). The molecule has 3 nitrogen and oxygen atoms in total. The lowest BCUT2D eigenvalue weighted by molar-refractivity contribution is 0.102. The standard InChI is InChI=1S/C13H11ClO3S2/c1-9(15)13-7-4-11(18-13)8-19(16,17)12-5-2-10(14)3-6-12/h2-7H,8H2,1H3. The third kappa shape index (κ3) is 3.43. The summed E-state index contributed by atoms with van der Waals surface area (Å²) >= 11 is 6.94. The zero-order valence-electron chi connectivity index (χ0n) is 10.1. The fraction of sp³-hybridized carbons (Fsp3) is 0.154. The second-order valence-corrected chi connectivity index (χ2v) is 7.63. The fourth-order valence-corrected chi connectivity index (χ4v) is 4.27. The van der Waals surface area contributed by atoms with E-state index < -0.39 is 9.84 Å². The number of hydrogen-bond acceptors (Lipinski definition) is 4. The van der Waals surface area contributed by atoms with Crippen LogP contribution in [0.3, 0.4) is 0 Å². The number of hydrogen-bond donors (Lipinski definition) is 0. The molecule has 0 amide bonds. The summed E-state index contributed by atoms with van der Waals surface area (Å²) in [5, 5.41) is 0.494. The SMILES string of the molecule is CC(=O)c1ccc(CS(=O)(=O)c2ccc(Cl)cc2)s1. The van der Waals surface area contributed by atoms with Gasteiger partial charge in [0.2, 0.25) is 0 Å². The second kappa shape index (κ2) is 5.45. The highest BCUT2D eigenvalue weighted by molar-refractivity contribution is 7.90. The minimum absolute atomic E-state index is 0.0554. The highest BCUT2D eigenvalue weighted by atomic mass is 35.5. The first-order valence-electron chi connectivity index (χ1n) is 5.46. The van der Waals surface area contributed by atoms with E-state index in [0.717, 1.165) is 0 Å². The summed E-state index contributed by atoms with van der Waals surface area (Å²) in [6, 6.07) is 9.39. The first-order chi connectivity index (χ1) is 8.88. The summed E-state index contributed by atoms with van der Waals surface area (Å²) in [6.07, 6.45) is 0. The summed E-state index contributed by atoms with van der Waals surface area (Å²) in [5.41, 5.74) is 0. The minimum atomic E-state index is -3.40. The van der Waals surface area contributed by atoms with Gasteiger partial charge in [-0.15, -0.1) is 11.3 Å². The molecule has 0 radical (unpaired) electrons.